The SMILES string of the molecule is CCc1ccc(N=C2SC(=Cc3cc(OC)c(OC)c(OC)c3)C(=O)N2c2ccc(CC)cc2)cc1. The first-order valence-electron chi connectivity index (χ1n) is 11.8. The zero-order valence-electron chi connectivity index (χ0n) is 21.2. The van der Waals surface area contributed by atoms with Crippen LogP contribution in [0.25, 0.3) is 6.08 Å². The van der Waals surface area contributed by atoms with Crippen molar-refractivity contribution in [3.63, 3.8) is 0 Å². The minimum absolute atomic E-state index is 0.137. The molecule has 36 heavy (non-hydrogen) atoms. The van der Waals surface area contributed by atoms with Gasteiger partial charge in [0.25, 0.3) is 5.91 Å². The van der Waals surface area contributed by atoms with Crippen LogP contribution < -0.4 is 19.1 Å². The van der Waals surface area contributed by atoms with Crippen LogP contribution in [0.5, 0.6) is 17.2 Å². The van der Waals surface area contributed by atoms with Gasteiger partial charge in [-0.1, -0.05) is 38.1 Å². The van der Waals surface area contributed by atoms with Crippen molar-refractivity contribution in [2.75, 3.05) is 26.2 Å². The van der Waals surface area contributed by atoms with E-state index in [0.717, 1.165) is 29.8 Å². The predicted octanol–water partition coefficient (Wildman–Crippen LogP) is 6.65. The number of ether oxygens (including phenoxy) is 3. The van der Waals surface area contributed by atoms with Crippen LogP contribution >= 0.6 is 11.8 Å². The molecule has 1 aliphatic rings. The second kappa shape index (κ2) is 11.4. The summed E-state index contributed by atoms with van der Waals surface area (Å²) in [7, 11) is 4.70. The third-order valence-corrected chi connectivity index (χ3v) is 6.93. The van der Waals surface area contributed by atoms with Gasteiger partial charge in [-0.2, -0.15) is 0 Å². The maximum Gasteiger partial charge on any atom is 0.271 e. The van der Waals surface area contributed by atoms with E-state index in [1.54, 1.807) is 26.2 Å². The van der Waals surface area contributed by atoms with Crippen LogP contribution in [0.3, 0.4) is 0 Å². The number of amides is 1. The van der Waals surface area contributed by atoms with E-state index in [1.165, 1.54) is 22.9 Å². The Morgan fingerprint density at radius 3 is 1.89 bits per heavy atom. The second-order valence-corrected chi connectivity index (χ2v) is 9.15. The summed E-state index contributed by atoms with van der Waals surface area (Å²) in [5.41, 5.74) is 4.78. The summed E-state index contributed by atoms with van der Waals surface area (Å²) in [5, 5.41) is 0.604. The number of thioether (sulfide) groups is 1. The molecule has 186 valence electrons. The van der Waals surface area contributed by atoms with E-state index in [2.05, 4.69) is 26.0 Å². The predicted molar refractivity (Wildman–Crippen MR) is 148 cm³/mol. The summed E-state index contributed by atoms with van der Waals surface area (Å²) in [5.74, 6) is 1.41. The molecule has 0 bridgehead atoms. The van der Waals surface area contributed by atoms with Crippen molar-refractivity contribution < 1.29 is 19.0 Å². The Hall–Kier alpha value is -3.71. The Labute approximate surface area is 216 Å². The third-order valence-electron chi connectivity index (χ3n) is 5.96. The number of amidine groups is 1. The van der Waals surface area contributed by atoms with Gasteiger partial charge in [0, 0.05) is 0 Å². The number of carbonyl (C=O) groups is 1. The molecule has 1 aliphatic heterocycles. The molecule has 4 rings (SSSR count). The molecule has 0 radical (unpaired) electrons. The van der Waals surface area contributed by atoms with Crippen molar-refractivity contribution in [3.8, 4) is 17.2 Å². The topological polar surface area (TPSA) is 60.4 Å². The number of anilines is 1. The Balaban J connectivity index is 1.78. The summed E-state index contributed by atoms with van der Waals surface area (Å²) in [6, 6.07) is 19.8. The summed E-state index contributed by atoms with van der Waals surface area (Å²) >= 11 is 1.34. The van der Waals surface area contributed by atoms with E-state index >= 15 is 0 Å². The number of nitrogens with zero attached hydrogens (tertiary/aromatic N) is 2. The Kier molecular flexibility index (Phi) is 8.00. The third kappa shape index (κ3) is 5.26. The summed E-state index contributed by atoms with van der Waals surface area (Å²) in [6.45, 7) is 4.23. The fraction of sp³-hybridized carbons (Fsp3) is 0.241. The van der Waals surface area contributed by atoms with Crippen molar-refractivity contribution in [3.05, 3.63) is 82.3 Å². The highest BCUT2D eigenvalue weighted by Crippen LogP contribution is 2.41. The summed E-state index contributed by atoms with van der Waals surface area (Å²) < 4.78 is 16.4. The lowest BCUT2D eigenvalue weighted by molar-refractivity contribution is -0.113. The average molecular weight is 503 g/mol. The standard InChI is InChI=1S/C29H30N2O4S/c1-6-19-8-12-22(13-9-19)30-29-31(23-14-10-20(7-2)11-15-23)28(32)26(36-29)18-21-16-24(33-3)27(35-5)25(17-21)34-4/h8-18H,6-7H2,1-5H3. The molecule has 3 aromatic rings. The largest absolute Gasteiger partial charge is 0.493 e. The van der Waals surface area contributed by atoms with Gasteiger partial charge >= 0.3 is 0 Å². The van der Waals surface area contributed by atoms with Gasteiger partial charge in [-0.3, -0.25) is 9.69 Å². The molecular weight excluding hydrogens is 472 g/mol. The van der Waals surface area contributed by atoms with Crippen molar-refractivity contribution >= 4 is 40.3 Å². The van der Waals surface area contributed by atoms with Crippen LogP contribution in [0.4, 0.5) is 11.4 Å². The number of methoxy groups -OCH3 is 3. The Morgan fingerprint density at radius 2 is 1.39 bits per heavy atom. The van der Waals surface area contributed by atoms with Crippen molar-refractivity contribution in [2.45, 2.75) is 26.7 Å². The number of hydrogen-bond acceptors (Lipinski definition) is 6. The fourth-order valence-corrected chi connectivity index (χ4v) is 4.91. The second-order valence-electron chi connectivity index (χ2n) is 8.14. The van der Waals surface area contributed by atoms with Gasteiger partial charge < -0.3 is 14.2 Å². The van der Waals surface area contributed by atoms with E-state index < -0.39 is 0 Å². The first-order valence-corrected chi connectivity index (χ1v) is 12.6. The molecule has 0 saturated carbocycles. The van der Waals surface area contributed by atoms with Crippen molar-refractivity contribution in [1.29, 1.82) is 0 Å². The monoisotopic (exact) mass is 502 g/mol. The molecule has 0 unspecified atom stereocenters. The maximum absolute atomic E-state index is 13.7. The minimum atomic E-state index is -0.137. The molecule has 1 fully saturated rings. The van der Waals surface area contributed by atoms with E-state index in [0.29, 0.717) is 27.3 Å². The number of carbonyl (C=O) groups excluding carboxylic acids is 1. The lowest BCUT2D eigenvalue weighted by Gasteiger charge is -2.16. The average Bonchev–Trinajstić information content (AvgIpc) is 3.22. The van der Waals surface area contributed by atoms with Gasteiger partial charge in [0.2, 0.25) is 5.75 Å². The zero-order valence-corrected chi connectivity index (χ0v) is 22.0. The van der Waals surface area contributed by atoms with Crippen LogP contribution in [0.1, 0.15) is 30.5 Å². The first kappa shape index (κ1) is 25.4. The maximum atomic E-state index is 13.7. The number of benzene rings is 3. The van der Waals surface area contributed by atoms with Crippen molar-refractivity contribution in [2.24, 2.45) is 4.99 Å². The van der Waals surface area contributed by atoms with Crippen LogP contribution in [-0.4, -0.2) is 32.4 Å². The van der Waals surface area contributed by atoms with Gasteiger partial charge in [-0.25, -0.2) is 4.99 Å². The minimum Gasteiger partial charge on any atom is -0.493 e. The normalized spacial score (nSPS) is 15.6. The Bertz CT molecular complexity index is 1270. The van der Waals surface area contributed by atoms with E-state index in [-0.39, 0.29) is 5.91 Å². The van der Waals surface area contributed by atoms with Gasteiger partial charge in [0.15, 0.2) is 16.7 Å². The van der Waals surface area contributed by atoms with Crippen LogP contribution in [0.15, 0.2) is 70.6 Å². The molecular formula is C29H30N2O4S. The highest BCUT2D eigenvalue weighted by atomic mass is 32.2. The molecule has 0 N–H and O–H groups in total. The van der Waals surface area contributed by atoms with Crippen LogP contribution in [-0.2, 0) is 17.6 Å². The number of rotatable bonds is 8. The quantitative estimate of drug-likeness (QED) is 0.323. The van der Waals surface area contributed by atoms with Gasteiger partial charge in [0.05, 0.1) is 37.6 Å². The molecule has 1 amide bonds. The number of hydrogen-bond donors (Lipinski definition) is 0. The van der Waals surface area contributed by atoms with E-state index in [1.807, 2.05) is 54.6 Å². The van der Waals surface area contributed by atoms with E-state index in [9.17, 15) is 4.79 Å². The molecule has 6 nitrogen and oxygen atoms in total. The lowest BCUT2D eigenvalue weighted by Crippen LogP contribution is -2.28. The zero-order chi connectivity index (χ0) is 25.7. The van der Waals surface area contributed by atoms with Crippen molar-refractivity contribution in [1.82, 2.24) is 0 Å². The Morgan fingerprint density at radius 1 is 0.833 bits per heavy atom. The number of aryl methyl sites for hydroxylation is 2. The lowest BCUT2D eigenvalue weighted by atomic mass is 10.1. The summed E-state index contributed by atoms with van der Waals surface area (Å²) in [4.78, 5) is 20.7. The molecule has 1 saturated heterocycles. The van der Waals surface area contributed by atoms with E-state index in [4.69, 9.17) is 19.2 Å². The highest BCUT2D eigenvalue weighted by molar-refractivity contribution is 8.19. The first-order chi connectivity index (χ1) is 17.5. The van der Waals surface area contributed by atoms with Gasteiger partial charge in [0.1, 0.15) is 0 Å². The molecule has 0 spiro atoms. The molecule has 0 atom stereocenters. The smallest absolute Gasteiger partial charge is 0.271 e. The molecule has 1 heterocycles. The highest BCUT2D eigenvalue weighted by Gasteiger charge is 2.35. The molecule has 0 aliphatic carbocycles. The van der Waals surface area contributed by atoms with Gasteiger partial charge in [-0.15, -0.1) is 0 Å². The molecule has 7 heteroatoms. The summed E-state index contributed by atoms with van der Waals surface area (Å²) in [6.07, 6.45) is 3.72. The van der Waals surface area contributed by atoms with Crippen LogP contribution in [0.2, 0.25) is 0 Å². The molecule has 0 aromatic heterocycles. The van der Waals surface area contributed by atoms with Crippen LogP contribution in [0, 0.1) is 0 Å². The fourth-order valence-electron chi connectivity index (χ4n) is 3.91. The molecule has 3 aromatic carbocycles. The number of aliphatic imine (C=N–C) groups is 1. The van der Waals surface area contributed by atoms with Gasteiger partial charge in [-0.05, 0) is 83.8 Å².